The van der Waals surface area contributed by atoms with Crippen LogP contribution in [0.1, 0.15) is 17.2 Å². The highest BCUT2D eigenvalue weighted by atomic mass is 19.4. The van der Waals surface area contributed by atoms with Crippen LogP contribution in [-0.4, -0.2) is 19.1 Å². The predicted octanol–water partition coefficient (Wildman–Crippen LogP) is 1.89. The molecule has 1 saturated heterocycles. The zero-order valence-corrected chi connectivity index (χ0v) is 8.75. The van der Waals surface area contributed by atoms with Crippen LogP contribution in [0.5, 0.6) is 0 Å². The summed E-state index contributed by atoms with van der Waals surface area (Å²) in [5, 5.41) is 2.59. The van der Waals surface area contributed by atoms with Crippen molar-refractivity contribution in [3.8, 4) is 0 Å². The lowest BCUT2D eigenvalue weighted by Gasteiger charge is -2.23. The number of hydrogen-bond acceptors (Lipinski definition) is 2. The highest BCUT2D eigenvalue weighted by Gasteiger charge is 2.30. The number of halogens is 3. The summed E-state index contributed by atoms with van der Waals surface area (Å²) in [5.74, 6) is -0.215. The third-order valence-electron chi connectivity index (χ3n) is 2.51. The summed E-state index contributed by atoms with van der Waals surface area (Å²) in [7, 11) is 0. The van der Waals surface area contributed by atoms with E-state index in [-0.39, 0.29) is 25.2 Å². The van der Waals surface area contributed by atoms with Crippen molar-refractivity contribution < 1.29 is 22.7 Å². The van der Waals surface area contributed by atoms with Crippen molar-refractivity contribution in [2.45, 2.75) is 12.3 Å². The maximum atomic E-state index is 12.3. The van der Waals surface area contributed by atoms with Crippen molar-refractivity contribution in [3.05, 3.63) is 35.4 Å². The van der Waals surface area contributed by atoms with Crippen molar-refractivity contribution >= 4 is 5.91 Å². The number of ether oxygens (including phenoxy) is 1. The van der Waals surface area contributed by atoms with Gasteiger partial charge in [0.2, 0.25) is 5.91 Å². The summed E-state index contributed by atoms with van der Waals surface area (Å²) in [6, 6.07) is 4.75. The summed E-state index contributed by atoms with van der Waals surface area (Å²) in [5.41, 5.74) is -0.0703. The maximum absolute atomic E-state index is 12.3. The fraction of sp³-hybridized carbons (Fsp3) is 0.364. The van der Waals surface area contributed by atoms with Crippen LogP contribution in [0, 0.1) is 0 Å². The number of morpholine rings is 1. The molecule has 0 spiro atoms. The summed E-state index contributed by atoms with van der Waals surface area (Å²) in [4.78, 5) is 10.8. The van der Waals surface area contributed by atoms with Gasteiger partial charge in [0.1, 0.15) is 12.7 Å². The number of rotatable bonds is 1. The molecule has 1 heterocycles. The van der Waals surface area contributed by atoms with E-state index in [1.54, 1.807) is 0 Å². The standard InChI is InChI=1S/C11H10F3NO2/c12-11(13,14)8-3-1-7(2-4-8)9-5-15-10(16)6-17-9/h1-4,9H,5-6H2,(H,15,16)/t9-/m0/s1. The van der Waals surface area contributed by atoms with E-state index >= 15 is 0 Å². The lowest BCUT2D eigenvalue weighted by Crippen LogP contribution is -2.38. The molecular formula is C11H10F3NO2. The van der Waals surface area contributed by atoms with Gasteiger partial charge in [-0.25, -0.2) is 0 Å². The van der Waals surface area contributed by atoms with E-state index in [1.807, 2.05) is 0 Å². The van der Waals surface area contributed by atoms with Crippen LogP contribution < -0.4 is 5.32 Å². The van der Waals surface area contributed by atoms with Crippen LogP contribution in [0.3, 0.4) is 0 Å². The van der Waals surface area contributed by atoms with E-state index in [0.717, 1.165) is 12.1 Å². The average Bonchev–Trinajstić information content (AvgIpc) is 2.29. The third kappa shape index (κ3) is 2.76. The Morgan fingerprint density at radius 3 is 2.35 bits per heavy atom. The number of nitrogens with one attached hydrogen (secondary N) is 1. The Kier molecular flexibility index (Phi) is 3.06. The van der Waals surface area contributed by atoms with Crippen LogP contribution in [0.4, 0.5) is 13.2 Å². The second-order valence-corrected chi connectivity index (χ2v) is 3.72. The first-order chi connectivity index (χ1) is 7.97. The first-order valence-corrected chi connectivity index (χ1v) is 5.02. The molecule has 6 heteroatoms. The molecule has 1 aromatic carbocycles. The molecular weight excluding hydrogens is 235 g/mol. The lowest BCUT2D eigenvalue weighted by molar-refractivity contribution is -0.137. The zero-order chi connectivity index (χ0) is 12.5. The molecule has 1 aliphatic rings. The van der Waals surface area contributed by atoms with Gasteiger partial charge in [-0.2, -0.15) is 13.2 Å². The highest BCUT2D eigenvalue weighted by molar-refractivity contribution is 5.77. The van der Waals surface area contributed by atoms with Gasteiger partial charge in [0.25, 0.3) is 0 Å². The smallest absolute Gasteiger partial charge is 0.362 e. The molecule has 0 bridgehead atoms. The first kappa shape index (κ1) is 11.9. The van der Waals surface area contributed by atoms with Gasteiger partial charge >= 0.3 is 6.18 Å². The topological polar surface area (TPSA) is 38.3 Å². The molecule has 17 heavy (non-hydrogen) atoms. The number of hydrogen-bond donors (Lipinski definition) is 1. The van der Waals surface area contributed by atoms with Gasteiger partial charge < -0.3 is 10.1 Å². The molecule has 0 aliphatic carbocycles. The van der Waals surface area contributed by atoms with Gasteiger partial charge in [-0.3, -0.25) is 4.79 Å². The van der Waals surface area contributed by atoms with Crippen LogP contribution in [0.2, 0.25) is 0 Å². The van der Waals surface area contributed by atoms with Gasteiger partial charge in [-0.05, 0) is 17.7 Å². The first-order valence-electron chi connectivity index (χ1n) is 5.02. The number of alkyl halides is 3. The van der Waals surface area contributed by atoms with Crippen molar-refractivity contribution in [3.63, 3.8) is 0 Å². The van der Waals surface area contributed by atoms with Gasteiger partial charge in [0, 0.05) is 6.54 Å². The Morgan fingerprint density at radius 2 is 1.88 bits per heavy atom. The summed E-state index contributed by atoms with van der Waals surface area (Å²) >= 11 is 0. The second-order valence-electron chi connectivity index (χ2n) is 3.72. The van der Waals surface area contributed by atoms with Crippen molar-refractivity contribution in [2.24, 2.45) is 0 Å². The minimum absolute atomic E-state index is 0.0638. The molecule has 1 aromatic rings. The molecule has 92 valence electrons. The molecule has 1 atom stereocenters. The largest absolute Gasteiger partial charge is 0.416 e. The third-order valence-corrected chi connectivity index (χ3v) is 2.51. The number of carbonyl (C=O) groups excluding carboxylic acids is 1. The Morgan fingerprint density at radius 1 is 1.24 bits per heavy atom. The highest BCUT2D eigenvalue weighted by Crippen LogP contribution is 2.30. The van der Waals surface area contributed by atoms with Gasteiger partial charge in [0.15, 0.2) is 0 Å². The Labute approximate surface area is 95.6 Å². The Balaban J connectivity index is 2.10. The van der Waals surface area contributed by atoms with E-state index < -0.39 is 11.7 Å². The summed E-state index contributed by atoms with van der Waals surface area (Å²) < 4.78 is 42.2. The van der Waals surface area contributed by atoms with Gasteiger partial charge in [-0.15, -0.1) is 0 Å². The quantitative estimate of drug-likeness (QED) is 0.820. The minimum Gasteiger partial charge on any atom is -0.362 e. The Bertz CT molecular complexity index is 404. The molecule has 0 aromatic heterocycles. The molecule has 3 nitrogen and oxygen atoms in total. The number of benzene rings is 1. The normalized spacial score (nSPS) is 21.1. The van der Waals surface area contributed by atoms with Gasteiger partial charge in [-0.1, -0.05) is 12.1 Å². The number of carbonyl (C=O) groups is 1. The molecule has 1 aliphatic heterocycles. The van der Waals surface area contributed by atoms with E-state index in [2.05, 4.69) is 5.32 Å². The monoisotopic (exact) mass is 245 g/mol. The van der Waals surface area contributed by atoms with Crippen LogP contribution in [-0.2, 0) is 15.7 Å². The molecule has 0 saturated carbocycles. The van der Waals surface area contributed by atoms with Crippen molar-refractivity contribution in [1.29, 1.82) is 0 Å². The number of amides is 1. The SMILES string of the molecule is O=C1CO[C@H](c2ccc(C(F)(F)F)cc2)CN1. The van der Waals surface area contributed by atoms with E-state index in [9.17, 15) is 18.0 Å². The predicted molar refractivity (Wildman–Crippen MR) is 53.1 cm³/mol. The Hall–Kier alpha value is -1.56. The molecule has 1 N–H and O–H groups in total. The lowest BCUT2D eigenvalue weighted by atomic mass is 10.1. The van der Waals surface area contributed by atoms with E-state index in [0.29, 0.717) is 5.56 Å². The van der Waals surface area contributed by atoms with Crippen LogP contribution in [0.25, 0.3) is 0 Å². The maximum Gasteiger partial charge on any atom is 0.416 e. The molecule has 0 unspecified atom stereocenters. The fourth-order valence-corrected chi connectivity index (χ4v) is 1.59. The molecule has 1 amide bonds. The van der Waals surface area contributed by atoms with E-state index in [4.69, 9.17) is 4.74 Å². The van der Waals surface area contributed by atoms with Crippen molar-refractivity contribution in [1.82, 2.24) is 5.32 Å². The average molecular weight is 245 g/mol. The molecule has 0 radical (unpaired) electrons. The summed E-state index contributed by atoms with van der Waals surface area (Å²) in [6.45, 7) is 0.218. The van der Waals surface area contributed by atoms with Crippen molar-refractivity contribution in [2.75, 3.05) is 13.2 Å². The minimum atomic E-state index is -4.33. The molecule has 1 fully saturated rings. The summed E-state index contributed by atoms with van der Waals surface area (Å²) in [6.07, 6.45) is -4.71. The fourth-order valence-electron chi connectivity index (χ4n) is 1.59. The zero-order valence-electron chi connectivity index (χ0n) is 8.75. The van der Waals surface area contributed by atoms with E-state index in [1.165, 1.54) is 12.1 Å². The van der Waals surface area contributed by atoms with Crippen LogP contribution in [0.15, 0.2) is 24.3 Å². The van der Waals surface area contributed by atoms with Gasteiger partial charge in [0.05, 0.1) is 5.56 Å². The molecule has 2 rings (SSSR count). The second kappa shape index (κ2) is 4.37. The van der Waals surface area contributed by atoms with Crippen LogP contribution >= 0.6 is 0 Å².